The van der Waals surface area contributed by atoms with Gasteiger partial charge in [-0.05, 0) is 39.4 Å². The number of carbonyl (C=O) groups is 1. The Balaban J connectivity index is 3.56. The third-order valence-corrected chi connectivity index (χ3v) is 2.26. The summed E-state index contributed by atoms with van der Waals surface area (Å²) in [5.74, 6) is 0.0429. The van der Waals surface area contributed by atoms with Gasteiger partial charge in [-0.3, -0.25) is 4.79 Å². The fourth-order valence-electron chi connectivity index (χ4n) is 1.21. The summed E-state index contributed by atoms with van der Waals surface area (Å²) >= 11 is 5.08. The number of nitrogens with one attached hydrogen (secondary N) is 3. The van der Waals surface area contributed by atoms with Gasteiger partial charge in [0.15, 0.2) is 5.11 Å². The van der Waals surface area contributed by atoms with Crippen LogP contribution in [0.4, 0.5) is 0 Å². The maximum absolute atomic E-state index is 11.5. The Morgan fingerprint density at radius 2 is 1.76 bits per heavy atom. The summed E-state index contributed by atoms with van der Waals surface area (Å²) in [5, 5.41) is 9.64. The Kier molecular flexibility index (Phi) is 7.87. The van der Waals surface area contributed by atoms with Crippen LogP contribution in [0.2, 0.25) is 0 Å². The second kappa shape index (κ2) is 8.28. The van der Waals surface area contributed by atoms with Gasteiger partial charge in [0, 0.05) is 25.0 Å². The summed E-state index contributed by atoms with van der Waals surface area (Å²) in [4.78, 5) is 11.5. The van der Waals surface area contributed by atoms with Crippen LogP contribution in [0.15, 0.2) is 0 Å². The highest BCUT2D eigenvalue weighted by Gasteiger charge is 2.12. The Morgan fingerprint density at radius 1 is 1.18 bits per heavy atom. The highest BCUT2D eigenvalue weighted by molar-refractivity contribution is 7.80. The van der Waals surface area contributed by atoms with Crippen LogP contribution in [0.5, 0.6) is 0 Å². The number of hydrogen-bond acceptors (Lipinski definition) is 2. The van der Waals surface area contributed by atoms with Crippen molar-refractivity contribution < 1.29 is 4.79 Å². The number of amides is 1. The Morgan fingerprint density at radius 3 is 2.29 bits per heavy atom. The van der Waals surface area contributed by atoms with Gasteiger partial charge >= 0.3 is 0 Å². The zero-order valence-corrected chi connectivity index (χ0v) is 12.2. The minimum absolute atomic E-state index is 0.0429. The van der Waals surface area contributed by atoms with E-state index in [2.05, 4.69) is 22.9 Å². The molecular weight excluding hydrogens is 234 g/mol. The molecule has 0 aliphatic heterocycles. The van der Waals surface area contributed by atoms with Crippen LogP contribution >= 0.6 is 12.2 Å². The zero-order chi connectivity index (χ0) is 13.3. The molecule has 0 rings (SSSR count). The van der Waals surface area contributed by atoms with Gasteiger partial charge in [-0.15, -0.1) is 0 Å². The molecule has 5 heteroatoms. The predicted molar refractivity (Wildman–Crippen MR) is 76.0 cm³/mol. The first-order chi connectivity index (χ1) is 7.85. The van der Waals surface area contributed by atoms with E-state index in [4.69, 9.17) is 12.2 Å². The lowest BCUT2D eigenvalue weighted by molar-refractivity contribution is -0.122. The van der Waals surface area contributed by atoms with E-state index in [0.29, 0.717) is 18.1 Å². The van der Waals surface area contributed by atoms with Crippen molar-refractivity contribution in [2.24, 2.45) is 0 Å². The molecule has 0 bridgehead atoms. The fourth-order valence-corrected chi connectivity index (χ4v) is 1.42. The van der Waals surface area contributed by atoms with Gasteiger partial charge in [0.05, 0.1) is 0 Å². The Hall–Kier alpha value is -0.840. The molecule has 0 fully saturated rings. The monoisotopic (exact) mass is 259 g/mol. The van der Waals surface area contributed by atoms with Crippen LogP contribution in [-0.2, 0) is 4.79 Å². The van der Waals surface area contributed by atoms with E-state index in [1.165, 1.54) is 0 Å². The van der Waals surface area contributed by atoms with E-state index in [1.54, 1.807) is 0 Å². The maximum atomic E-state index is 11.5. The third kappa shape index (κ3) is 11.4. The van der Waals surface area contributed by atoms with Crippen molar-refractivity contribution in [1.82, 2.24) is 16.0 Å². The van der Waals surface area contributed by atoms with Crippen molar-refractivity contribution in [3.05, 3.63) is 0 Å². The molecule has 0 aliphatic carbocycles. The highest BCUT2D eigenvalue weighted by atomic mass is 32.1. The molecule has 0 saturated carbocycles. The summed E-state index contributed by atoms with van der Waals surface area (Å²) in [5.41, 5.74) is -0.170. The third-order valence-electron chi connectivity index (χ3n) is 1.97. The molecule has 0 saturated heterocycles. The van der Waals surface area contributed by atoms with Crippen molar-refractivity contribution in [3.63, 3.8) is 0 Å². The van der Waals surface area contributed by atoms with Crippen molar-refractivity contribution in [2.75, 3.05) is 13.1 Å². The maximum Gasteiger partial charge on any atom is 0.222 e. The van der Waals surface area contributed by atoms with Gasteiger partial charge in [-0.1, -0.05) is 13.3 Å². The predicted octanol–water partition coefficient (Wildman–Crippen LogP) is 1.56. The normalized spacial score (nSPS) is 10.8. The molecule has 0 heterocycles. The van der Waals surface area contributed by atoms with Crippen molar-refractivity contribution in [3.8, 4) is 0 Å². The molecule has 100 valence electrons. The van der Waals surface area contributed by atoms with E-state index in [9.17, 15) is 4.79 Å². The van der Waals surface area contributed by atoms with Crippen molar-refractivity contribution >= 4 is 23.2 Å². The van der Waals surface area contributed by atoms with Gasteiger partial charge in [-0.2, -0.15) is 0 Å². The van der Waals surface area contributed by atoms with Crippen LogP contribution in [0.1, 0.15) is 47.0 Å². The first-order valence-corrected chi connectivity index (χ1v) is 6.58. The number of rotatable bonds is 6. The SMILES string of the molecule is CCCCNC(=S)NCCC(=O)NC(C)(C)C. The first-order valence-electron chi connectivity index (χ1n) is 6.18. The van der Waals surface area contributed by atoms with E-state index >= 15 is 0 Å². The number of unbranched alkanes of at least 4 members (excludes halogenated alkanes) is 1. The fraction of sp³-hybridized carbons (Fsp3) is 0.833. The molecule has 0 aromatic heterocycles. The van der Waals surface area contributed by atoms with Gasteiger partial charge in [0.1, 0.15) is 0 Å². The van der Waals surface area contributed by atoms with Gasteiger partial charge < -0.3 is 16.0 Å². The number of hydrogen-bond donors (Lipinski definition) is 3. The molecule has 0 aromatic rings. The van der Waals surface area contributed by atoms with Crippen molar-refractivity contribution in [2.45, 2.75) is 52.5 Å². The van der Waals surface area contributed by atoms with Crippen LogP contribution in [-0.4, -0.2) is 29.6 Å². The summed E-state index contributed by atoms with van der Waals surface area (Å²) in [7, 11) is 0. The summed E-state index contributed by atoms with van der Waals surface area (Å²) in [6.07, 6.45) is 2.68. The van der Waals surface area contributed by atoms with Gasteiger partial charge in [0.2, 0.25) is 5.91 Å². The van der Waals surface area contributed by atoms with Crippen LogP contribution < -0.4 is 16.0 Å². The van der Waals surface area contributed by atoms with Crippen LogP contribution in [0.3, 0.4) is 0 Å². The Labute approximate surface area is 110 Å². The summed E-state index contributed by atoms with van der Waals surface area (Å²) in [6, 6.07) is 0. The zero-order valence-electron chi connectivity index (χ0n) is 11.4. The minimum Gasteiger partial charge on any atom is -0.363 e. The minimum atomic E-state index is -0.170. The molecule has 17 heavy (non-hydrogen) atoms. The largest absolute Gasteiger partial charge is 0.363 e. The molecule has 1 amide bonds. The van der Waals surface area contributed by atoms with E-state index in [0.717, 1.165) is 19.4 Å². The lowest BCUT2D eigenvalue weighted by atomic mass is 10.1. The van der Waals surface area contributed by atoms with Crippen LogP contribution in [0, 0.1) is 0 Å². The lowest BCUT2D eigenvalue weighted by Gasteiger charge is -2.20. The van der Waals surface area contributed by atoms with Crippen molar-refractivity contribution in [1.29, 1.82) is 0 Å². The van der Waals surface area contributed by atoms with Gasteiger partial charge in [0.25, 0.3) is 0 Å². The first kappa shape index (κ1) is 16.2. The average Bonchev–Trinajstić information content (AvgIpc) is 2.15. The second-order valence-corrected chi connectivity index (χ2v) is 5.49. The quantitative estimate of drug-likeness (QED) is 0.500. The molecule has 0 radical (unpaired) electrons. The summed E-state index contributed by atoms with van der Waals surface area (Å²) in [6.45, 7) is 9.49. The van der Waals surface area contributed by atoms with E-state index in [1.807, 2.05) is 20.8 Å². The van der Waals surface area contributed by atoms with E-state index < -0.39 is 0 Å². The molecule has 0 atom stereocenters. The molecule has 0 aromatic carbocycles. The Bertz CT molecular complexity index is 249. The lowest BCUT2D eigenvalue weighted by Crippen LogP contribution is -2.43. The van der Waals surface area contributed by atoms with Gasteiger partial charge in [-0.25, -0.2) is 0 Å². The number of thiocarbonyl (C=S) groups is 1. The standard InChI is InChI=1S/C12H25N3OS/c1-5-6-8-13-11(17)14-9-7-10(16)15-12(2,3)4/h5-9H2,1-4H3,(H,15,16)(H2,13,14,17). The molecular formula is C12H25N3OS. The van der Waals surface area contributed by atoms with Crippen LogP contribution in [0.25, 0.3) is 0 Å². The average molecular weight is 259 g/mol. The van der Waals surface area contributed by atoms with E-state index in [-0.39, 0.29) is 11.4 Å². The second-order valence-electron chi connectivity index (χ2n) is 5.08. The number of carbonyl (C=O) groups excluding carboxylic acids is 1. The smallest absolute Gasteiger partial charge is 0.222 e. The summed E-state index contributed by atoms with van der Waals surface area (Å²) < 4.78 is 0. The molecule has 0 unspecified atom stereocenters. The molecule has 0 aliphatic rings. The molecule has 3 N–H and O–H groups in total. The molecule has 4 nitrogen and oxygen atoms in total. The molecule has 0 spiro atoms. The topological polar surface area (TPSA) is 53.2 Å². The highest BCUT2D eigenvalue weighted by Crippen LogP contribution is 1.98.